The lowest BCUT2D eigenvalue weighted by Gasteiger charge is -2.60. The highest BCUT2D eigenvalue weighted by atomic mass is 16.5. The normalized spacial score (nSPS) is 28.5. The Bertz CT molecular complexity index is 1110. The first-order valence-corrected chi connectivity index (χ1v) is 13.4. The van der Waals surface area contributed by atoms with Crippen LogP contribution in [0.25, 0.3) is 0 Å². The molecule has 0 spiro atoms. The Kier molecular flexibility index (Phi) is 7.79. The zero-order valence-corrected chi connectivity index (χ0v) is 21.5. The summed E-state index contributed by atoms with van der Waals surface area (Å²) in [6, 6.07) is 10.6. The molecule has 37 heavy (non-hydrogen) atoms. The molecule has 4 saturated carbocycles. The van der Waals surface area contributed by atoms with Gasteiger partial charge in [-0.1, -0.05) is 18.2 Å². The molecule has 6 rings (SSSR count). The molecule has 4 bridgehead atoms. The van der Waals surface area contributed by atoms with Gasteiger partial charge in [-0.15, -0.1) is 0 Å². The van der Waals surface area contributed by atoms with Crippen molar-refractivity contribution in [1.82, 2.24) is 15.3 Å². The maximum absolute atomic E-state index is 9.69. The molecule has 4 aliphatic rings. The average Bonchev–Trinajstić information content (AvgIpc) is 2.92. The van der Waals surface area contributed by atoms with E-state index in [1.807, 2.05) is 24.3 Å². The van der Waals surface area contributed by atoms with Crippen LogP contribution in [0.2, 0.25) is 0 Å². The van der Waals surface area contributed by atoms with Crippen LogP contribution in [0.4, 0.5) is 11.8 Å². The van der Waals surface area contributed by atoms with Crippen molar-refractivity contribution in [2.75, 3.05) is 37.4 Å². The van der Waals surface area contributed by atoms with Crippen molar-refractivity contribution in [3.63, 3.8) is 0 Å². The zero-order valence-electron chi connectivity index (χ0n) is 21.5. The number of hydrogen-bond donors (Lipinski definition) is 5. The molecule has 9 heteroatoms. The Labute approximate surface area is 218 Å². The third-order valence-electron chi connectivity index (χ3n) is 8.64. The molecule has 0 aliphatic heterocycles. The number of rotatable bonds is 12. The van der Waals surface area contributed by atoms with Gasteiger partial charge in [0.2, 0.25) is 5.95 Å². The smallest absolute Gasteiger partial charge is 0.224 e. The number of anilines is 2. The number of aliphatic hydroxyl groups is 2. The van der Waals surface area contributed by atoms with Gasteiger partial charge in [0.15, 0.2) is 0 Å². The minimum Gasteiger partial charge on any atom is -0.496 e. The van der Waals surface area contributed by atoms with Crippen LogP contribution in [0.3, 0.4) is 0 Å². The van der Waals surface area contributed by atoms with Crippen molar-refractivity contribution in [3.05, 3.63) is 41.6 Å². The van der Waals surface area contributed by atoms with Crippen LogP contribution >= 0.6 is 0 Å². The van der Waals surface area contributed by atoms with E-state index in [1.165, 1.54) is 32.1 Å². The van der Waals surface area contributed by atoms with Crippen LogP contribution in [0.5, 0.6) is 5.75 Å². The first kappa shape index (κ1) is 25.7. The second kappa shape index (κ2) is 11.2. The molecule has 1 aromatic heterocycles. The van der Waals surface area contributed by atoms with Gasteiger partial charge in [-0.3, -0.25) is 0 Å². The monoisotopic (exact) mass is 506 g/mol. The van der Waals surface area contributed by atoms with Crippen molar-refractivity contribution in [2.24, 2.45) is 23.2 Å². The van der Waals surface area contributed by atoms with Gasteiger partial charge in [-0.25, -0.2) is 4.98 Å². The van der Waals surface area contributed by atoms with Gasteiger partial charge in [0.1, 0.15) is 23.2 Å². The fraction of sp³-hybridized carbons (Fsp3) is 0.607. The molecule has 198 valence electrons. The van der Waals surface area contributed by atoms with E-state index >= 15 is 0 Å². The summed E-state index contributed by atoms with van der Waals surface area (Å²) < 4.78 is 5.43. The van der Waals surface area contributed by atoms with Crippen molar-refractivity contribution >= 4 is 11.8 Å². The van der Waals surface area contributed by atoms with Crippen LogP contribution in [0.1, 0.15) is 49.7 Å². The van der Waals surface area contributed by atoms with E-state index < -0.39 is 6.10 Å². The number of benzene rings is 1. The Balaban J connectivity index is 1.22. The van der Waals surface area contributed by atoms with Gasteiger partial charge in [-0.2, -0.15) is 10.2 Å². The molecule has 4 aliphatic carbocycles. The number of nitrogens with one attached hydrogen (secondary N) is 3. The molecule has 0 saturated heterocycles. The fourth-order valence-corrected chi connectivity index (χ4v) is 7.23. The minimum absolute atomic E-state index is 0.179. The predicted octanol–water partition coefficient (Wildman–Crippen LogP) is 2.91. The quantitative estimate of drug-likeness (QED) is 0.294. The van der Waals surface area contributed by atoms with E-state index in [4.69, 9.17) is 9.84 Å². The number of aromatic nitrogens is 2. The highest BCUT2D eigenvalue weighted by molar-refractivity contribution is 5.53. The van der Waals surface area contributed by atoms with E-state index in [0.717, 1.165) is 30.3 Å². The summed E-state index contributed by atoms with van der Waals surface area (Å²) in [5.41, 5.74) is 1.69. The van der Waals surface area contributed by atoms with Crippen molar-refractivity contribution in [2.45, 2.75) is 57.2 Å². The maximum atomic E-state index is 9.69. The first-order chi connectivity index (χ1) is 18.0. The molecule has 3 unspecified atom stereocenters. The minimum atomic E-state index is -0.642. The average molecular weight is 507 g/mol. The standard InChI is InChI=1S/C28H38N6O3/c1-37-24-5-3-2-4-19(24)14-31-27-32-15-22(13-29)26(34-27)33-17-28-10-18-8-20(11-28)25(21(9-18)12-28)30-7-6-23(36)16-35/h2-5,15,18,20-21,23,25,30,35-36H,6-12,14,16-17H2,1H3,(H2,31,32,33,34)/t18?,20-,21+,23-,25?,28?/m0/s1. The van der Waals surface area contributed by atoms with Crippen LogP contribution in [0.15, 0.2) is 30.5 Å². The van der Waals surface area contributed by atoms with Crippen LogP contribution in [-0.4, -0.2) is 59.1 Å². The summed E-state index contributed by atoms with van der Waals surface area (Å²) in [6.07, 6.45) is 7.63. The molecule has 0 radical (unpaired) electrons. The molecule has 1 aromatic carbocycles. The molecule has 4 fully saturated rings. The predicted molar refractivity (Wildman–Crippen MR) is 141 cm³/mol. The lowest BCUT2D eigenvalue weighted by Crippen LogP contribution is -2.59. The number of para-hydroxylation sites is 1. The van der Waals surface area contributed by atoms with Gasteiger partial charge in [0, 0.05) is 24.7 Å². The maximum Gasteiger partial charge on any atom is 0.224 e. The van der Waals surface area contributed by atoms with Gasteiger partial charge in [0.25, 0.3) is 0 Å². The highest BCUT2D eigenvalue weighted by Crippen LogP contribution is 2.60. The number of nitrogens with zero attached hydrogens (tertiary/aromatic N) is 3. The molecule has 1 heterocycles. The van der Waals surface area contributed by atoms with E-state index in [-0.39, 0.29) is 12.0 Å². The van der Waals surface area contributed by atoms with E-state index in [2.05, 4.69) is 32.0 Å². The van der Waals surface area contributed by atoms with Crippen molar-refractivity contribution < 1.29 is 14.9 Å². The molecular weight excluding hydrogens is 468 g/mol. The van der Waals surface area contributed by atoms with E-state index in [9.17, 15) is 10.4 Å². The number of methoxy groups -OCH3 is 1. The van der Waals surface area contributed by atoms with Crippen molar-refractivity contribution in [1.29, 1.82) is 5.26 Å². The summed E-state index contributed by atoms with van der Waals surface area (Å²) in [5.74, 6) is 3.91. The van der Waals surface area contributed by atoms with E-state index in [0.29, 0.717) is 48.2 Å². The van der Waals surface area contributed by atoms with Crippen LogP contribution < -0.4 is 20.7 Å². The largest absolute Gasteiger partial charge is 0.496 e. The second-order valence-corrected chi connectivity index (χ2v) is 11.2. The lowest BCUT2D eigenvalue weighted by molar-refractivity contribution is -0.0699. The second-order valence-electron chi connectivity index (χ2n) is 11.2. The summed E-state index contributed by atoms with van der Waals surface area (Å²) in [7, 11) is 1.66. The SMILES string of the molecule is COc1ccccc1CNc1ncc(C#N)c(NCC23CC4C[C@H](C2)C(NCC[C@H](O)CO)[C@@H](C4)C3)n1. The highest BCUT2D eigenvalue weighted by Gasteiger charge is 2.55. The molecule has 2 aromatic rings. The number of ether oxygens (including phenoxy) is 1. The Morgan fingerprint density at radius 1 is 1.19 bits per heavy atom. The topological polar surface area (TPSA) is 135 Å². The summed E-state index contributed by atoms with van der Waals surface area (Å²) >= 11 is 0. The van der Waals surface area contributed by atoms with Gasteiger partial charge in [-0.05, 0) is 74.3 Å². The van der Waals surface area contributed by atoms with Gasteiger partial charge >= 0.3 is 0 Å². The number of hydrogen-bond acceptors (Lipinski definition) is 9. The third-order valence-corrected chi connectivity index (χ3v) is 8.64. The lowest BCUT2D eigenvalue weighted by atomic mass is 9.48. The molecule has 5 N–H and O–H groups in total. The summed E-state index contributed by atoms with van der Waals surface area (Å²) in [4.78, 5) is 9.00. The molecule has 9 nitrogen and oxygen atoms in total. The summed E-state index contributed by atoms with van der Waals surface area (Å²) in [5, 5.41) is 39.0. The first-order valence-electron chi connectivity index (χ1n) is 13.4. The molecule has 6 atom stereocenters. The fourth-order valence-electron chi connectivity index (χ4n) is 7.23. The Morgan fingerprint density at radius 2 is 1.97 bits per heavy atom. The Hall–Kier alpha value is -2.93. The van der Waals surface area contributed by atoms with E-state index in [1.54, 1.807) is 13.3 Å². The van der Waals surface area contributed by atoms with Crippen LogP contribution in [-0.2, 0) is 6.54 Å². The number of nitriles is 1. The van der Waals surface area contributed by atoms with Crippen LogP contribution in [0, 0.1) is 34.5 Å². The third kappa shape index (κ3) is 5.66. The number of aliphatic hydroxyl groups excluding tert-OH is 2. The van der Waals surface area contributed by atoms with Gasteiger partial charge < -0.3 is 30.9 Å². The van der Waals surface area contributed by atoms with Crippen molar-refractivity contribution in [3.8, 4) is 11.8 Å². The zero-order chi connectivity index (χ0) is 25.8. The summed E-state index contributed by atoms with van der Waals surface area (Å²) in [6.45, 7) is 1.89. The molecule has 0 amide bonds. The Morgan fingerprint density at radius 3 is 2.70 bits per heavy atom. The molecular formula is C28H38N6O3. The van der Waals surface area contributed by atoms with Gasteiger partial charge in [0.05, 0.1) is 26.0 Å².